The van der Waals surface area contributed by atoms with E-state index in [-0.39, 0.29) is 30.7 Å². The van der Waals surface area contributed by atoms with Gasteiger partial charge in [-0.2, -0.15) is 13.2 Å². The fraction of sp³-hybridized carbons (Fsp3) is 0.333. The van der Waals surface area contributed by atoms with Crippen LogP contribution in [0, 0.1) is 0 Å². The number of rotatable bonds is 14. The number of carbonyl (C=O) groups is 2. The molecule has 9 heteroatoms. The van der Waals surface area contributed by atoms with Gasteiger partial charge in [0.15, 0.2) is 0 Å². The van der Waals surface area contributed by atoms with Gasteiger partial charge in [-0.25, -0.2) is 0 Å². The quantitative estimate of drug-likeness (QED) is 0.203. The summed E-state index contributed by atoms with van der Waals surface area (Å²) in [5.41, 5.74) is 0.590. The lowest BCUT2D eigenvalue weighted by molar-refractivity contribution is -0.138. The molecule has 3 aromatic carbocycles. The molecule has 0 fully saturated rings. The van der Waals surface area contributed by atoms with E-state index in [1.165, 1.54) is 12.1 Å². The van der Waals surface area contributed by atoms with Gasteiger partial charge in [-0.3, -0.25) is 9.59 Å². The maximum atomic E-state index is 12.8. The summed E-state index contributed by atoms with van der Waals surface area (Å²) >= 11 is 0. The van der Waals surface area contributed by atoms with E-state index in [2.05, 4.69) is 12.2 Å². The minimum atomic E-state index is -4.40. The highest BCUT2D eigenvalue weighted by molar-refractivity contribution is 5.94. The molecule has 2 N–H and O–H groups in total. The van der Waals surface area contributed by atoms with Crippen LogP contribution in [0.2, 0.25) is 0 Å². The fourth-order valence-corrected chi connectivity index (χ4v) is 3.88. The Morgan fingerprint density at radius 2 is 1.44 bits per heavy atom. The number of nitrogens with one attached hydrogen (secondary N) is 1. The first-order valence-corrected chi connectivity index (χ1v) is 12.9. The highest BCUT2D eigenvalue weighted by Gasteiger charge is 2.30. The lowest BCUT2D eigenvalue weighted by atomic mass is 10.0. The fourth-order valence-electron chi connectivity index (χ4n) is 3.88. The largest absolute Gasteiger partial charge is 0.486 e. The number of benzene rings is 3. The zero-order chi connectivity index (χ0) is 28.3. The molecule has 208 valence electrons. The van der Waals surface area contributed by atoms with Crippen LogP contribution in [0.1, 0.15) is 73.0 Å². The van der Waals surface area contributed by atoms with Crippen molar-refractivity contribution in [3.63, 3.8) is 0 Å². The molecule has 0 radical (unpaired) electrons. The summed E-state index contributed by atoms with van der Waals surface area (Å²) in [5, 5.41) is 11.3. The number of unbranched alkanes of at least 4 members (excludes halogenated alkanes) is 3. The number of amides is 1. The summed E-state index contributed by atoms with van der Waals surface area (Å²) < 4.78 is 50.3. The first-order valence-electron chi connectivity index (χ1n) is 12.9. The number of halogens is 3. The normalized spacial score (nSPS) is 12.0. The van der Waals surface area contributed by atoms with Crippen molar-refractivity contribution in [2.24, 2.45) is 0 Å². The maximum absolute atomic E-state index is 12.8. The number of alkyl halides is 3. The summed E-state index contributed by atoms with van der Waals surface area (Å²) in [6.45, 7) is 2.19. The number of carbonyl (C=O) groups excluding carboxylic acids is 1. The van der Waals surface area contributed by atoms with Crippen molar-refractivity contribution in [2.75, 3.05) is 6.54 Å². The van der Waals surface area contributed by atoms with Crippen LogP contribution in [-0.2, 0) is 11.0 Å². The first kappa shape index (κ1) is 29.5. The van der Waals surface area contributed by atoms with Crippen molar-refractivity contribution in [3.05, 3.63) is 89.5 Å². The topological polar surface area (TPSA) is 84.9 Å². The Labute approximate surface area is 225 Å². The highest BCUT2D eigenvalue weighted by Crippen LogP contribution is 2.33. The molecular weight excluding hydrogens is 511 g/mol. The van der Waals surface area contributed by atoms with Gasteiger partial charge in [0.2, 0.25) is 0 Å². The molecule has 0 bridgehead atoms. The SMILES string of the molecule is CCCCCCC(Oc1ccc(Oc2ccc(C(F)(F)F)cc2)cc1)c1ccc(C(=O)NCCC(=O)O)cc1. The summed E-state index contributed by atoms with van der Waals surface area (Å²) in [6.07, 6.45) is 0.229. The lowest BCUT2D eigenvalue weighted by Crippen LogP contribution is -2.26. The molecule has 0 aliphatic carbocycles. The van der Waals surface area contributed by atoms with Gasteiger partial charge in [0, 0.05) is 12.1 Å². The molecule has 1 atom stereocenters. The standard InChI is InChI=1S/C30H32F3NO5/c1-2-3-4-5-6-27(21-7-9-22(10-8-21)29(37)34-20-19-28(35)36)39-26-17-15-25(16-18-26)38-24-13-11-23(12-14-24)30(31,32)33/h7-18,27H,2-6,19-20H2,1H3,(H,34,37)(H,35,36). The minimum Gasteiger partial charge on any atom is -0.486 e. The molecular formula is C30H32F3NO5. The van der Waals surface area contributed by atoms with E-state index in [9.17, 15) is 22.8 Å². The van der Waals surface area contributed by atoms with Crippen molar-refractivity contribution in [2.45, 2.75) is 57.7 Å². The monoisotopic (exact) mass is 543 g/mol. The molecule has 1 unspecified atom stereocenters. The van der Waals surface area contributed by atoms with Crippen LogP contribution in [0.15, 0.2) is 72.8 Å². The second-order valence-corrected chi connectivity index (χ2v) is 9.07. The van der Waals surface area contributed by atoms with Crippen molar-refractivity contribution in [1.29, 1.82) is 0 Å². The van der Waals surface area contributed by atoms with Crippen LogP contribution in [0.4, 0.5) is 13.2 Å². The van der Waals surface area contributed by atoms with Gasteiger partial charge in [0.05, 0.1) is 12.0 Å². The van der Waals surface area contributed by atoms with Gasteiger partial charge in [0.1, 0.15) is 23.4 Å². The Morgan fingerprint density at radius 1 is 0.846 bits per heavy atom. The van der Waals surface area contributed by atoms with Crippen molar-refractivity contribution >= 4 is 11.9 Å². The molecule has 0 heterocycles. The average Bonchev–Trinajstić information content (AvgIpc) is 2.91. The third-order valence-electron chi connectivity index (χ3n) is 6.01. The highest BCUT2D eigenvalue weighted by atomic mass is 19.4. The third kappa shape index (κ3) is 9.67. The van der Waals surface area contributed by atoms with Gasteiger partial charge >= 0.3 is 12.1 Å². The summed E-state index contributed by atoms with van der Waals surface area (Å²) in [7, 11) is 0. The van der Waals surface area contributed by atoms with Crippen LogP contribution in [0.25, 0.3) is 0 Å². The Bertz CT molecular complexity index is 1190. The number of carboxylic acid groups (broad SMARTS) is 1. The van der Waals surface area contributed by atoms with Crippen molar-refractivity contribution in [3.8, 4) is 17.2 Å². The molecule has 0 aliphatic rings. The van der Waals surface area contributed by atoms with E-state index in [0.29, 0.717) is 17.1 Å². The lowest BCUT2D eigenvalue weighted by Gasteiger charge is -2.20. The van der Waals surface area contributed by atoms with Crippen LogP contribution in [-0.4, -0.2) is 23.5 Å². The predicted molar refractivity (Wildman–Crippen MR) is 141 cm³/mol. The van der Waals surface area contributed by atoms with Crippen LogP contribution in [0.3, 0.4) is 0 Å². The average molecular weight is 544 g/mol. The van der Waals surface area contributed by atoms with Crippen LogP contribution in [0.5, 0.6) is 17.2 Å². The Hall–Kier alpha value is -4.01. The van der Waals surface area contributed by atoms with E-state index in [4.69, 9.17) is 14.6 Å². The van der Waals surface area contributed by atoms with E-state index < -0.39 is 17.7 Å². The molecule has 6 nitrogen and oxygen atoms in total. The molecule has 0 aromatic heterocycles. The summed E-state index contributed by atoms with van der Waals surface area (Å²) in [5.74, 6) is 0.0305. The number of hydrogen-bond donors (Lipinski definition) is 2. The van der Waals surface area contributed by atoms with Gasteiger partial charge in [-0.15, -0.1) is 0 Å². The summed E-state index contributed by atoms with van der Waals surface area (Å²) in [4.78, 5) is 22.9. The Morgan fingerprint density at radius 3 is 2.00 bits per heavy atom. The first-order chi connectivity index (χ1) is 18.7. The van der Waals surface area contributed by atoms with Crippen molar-refractivity contribution < 1.29 is 37.3 Å². The Kier molecular flexibility index (Phi) is 10.8. The zero-order valence-electron chi connectivity index (χ0n) is 21.7. The Balaban J connectivity index is 1.65. The van der Waals surface area contributed by atoms with Crippen molar-refractivity contribution in [1.82, 2.24) is 5.32 Å². The van der Waals surface area contributed by atoms with E-state index >= 15 is 0 Å². The third-order valence-corrected chi connectivity index (χ3v) is 6.01. The second-order valence-electron chi connectivity index (χ2n) is 9.07. The van der Waals surface area contributed by atoms with Gasteiger partial charge < -0.3 is 19.9 Å². The van der Waals surface area contributed by atoms with E-state index in [0.717, 1.165) is 49.8 Å². The molecule has 3 rings (SSSR count). The molecule has 1 amide bonds. The predicted octanol–water partition coefficient (Wildman–Crippen LogP) is 7.79. The van der Waals surface area contributed by atoms with Gasteiger partial charge in [-0.05, 0) is 79.1 Å². The smallest absolute Gasteiger partial charge is 0.416 e. The van der Waals surface area contributed by atoms with E-state index in [1.807, 2.05) is 12.1 Å². The molecule has 0 saturated carbocycles. The maximum Gasteiger partial charge on any atom is 0.416 e. The van der Waals surface area contributed by atoms with E-state index in [1.54, 1.807) is 36.4 Å². The zero-order valence-corrected chi connectivity index (χ0v) is 21.7. The number of ether oxygens (including phenoxy) is 2. The molecule has 0 saturated heterocycles. The van der Waals surface area contributed by atoms with Crippen LogP contribution >= 0.6 is 0 Å². The van der Waals surface area contributed by atoms with Crippen LogP contribution < -0.4 is 14.8 Å². The second kappa shape index (κ2) is 14.2. The number of carboxylic acids is 1. The number of hydrogen-bond acceptors (Lipinski definition) is 4. The molecule has 0 spiro atoms. The molecule has 3 aromatic rings. The van der Waals surface area contributed by atoms with Gasteiger partial charge in [-0.1, -0.05) is 38.3 Å². The molecule has 39 heavy (non-hydrogen) atoms. The van der Waals surface area contributed by atoms with Gasteiger partial charge in [0.25, 0.3) is 5.91 Å². The molecule has 0 aliphatic heterocycles. The minimum absolute atomic E-state index is 0.0532. The number of aliphatic carboxylic acids is 1. The summed E-state index contributed by atoms with van der Waals surface area (Å²) in [6, 6.07) is 18.4.